The van der Waals surface area contributed by atoms with E-state index >= 15 is 0 Å². The molecule has 1 unspecified atom stereocenters. The summed E-state index contributed by atoms with van der Waals surface area (Å²) in [5, 5.41) is 3.37. The van der Waals surface area contributed by atoms with Gasteiger partial charge in [-0.25, -0.2) is 4.98 Å². The van der Waals surface area contributed by atoms with Crippen molar-refractivity contribution in [1.29, 1.82) is 0 Å². The fourth-order valence-corrected chi connectivity index (χ4v) is 4.95. The largest absolute Gasteiger partial charge is 0.332 e. The fourth-order valence-electron chi connectivity index (χ4n) is 2.99. The van der Waals surface area contributed by atoms with Crippen molar-refractivity contribution in [1.82, 2.24) is 20.2 Å². The number of fused-ring (bicyclic) bond motifs is 1. The molecule has 5 nitrogen and oxygen atoms in total. The van der Waals surface area contributed by atoms with Crippen LogP contribution < -0.4 is 5.32 Å². The van der Waals surface area contributed by atoms with Gasteiger partial charge in [0, 0.05) is 32.0 Å². The molecule has 0 saturated carbocycles. The molecule has 3 aromatic rings. The molecule has 0 bridgehead atoms. The molecule has 7 heteroatoms. The summed E-state index contributed by atoms with van der Waals surface area (Å²) in [4.78, 5) is 23.6. The lowest BCUT2D eigenvalue weighted by molar-refractivity contribution is -0.131. The topological polar surface area (TPSA) is 58.1 Å². The summed E-state index contributed by atoms with van der Waals surface area (Å²) in [6.45, 7) is 2.32. The molecule has 1 aliphatic rings. The highest BCUT2D eigenvalue weighted by Crippen LogP contribution is 2.30. The number of carbonyl (C=O) groups excluding carboxylic acids is 1. The van der Waals surface area contributed by atoms with Gasteiger partial charge in [0.25, 0.3) is 0 Å². The van der Waals surface area contributed by atoms with Crippen molar-refractivity contribution in [2.75, 3.05) is 25.4 Å². The average molecular weight is 371 g/mol. The van der Waals surface area contributed by atoms with E-state index in [9.17, 15) is 4.79 Å². The molecule has 0 aliphatic carbocycles. The number of hydrogen-bond acceptors (Lipinski definition) is 6. The van der Waals surface area contributed by atoms with Crippen LogP contribution >= 0.6 is 23.1 Å². The highest BCUT2D eigenvalue weighted by molar-refractivity contribution is 8.01. The van der Waals surface area contributed by atoms with Crippen molar-refractivity contribution < 1.29 is 4.79 Å². The standard InChI is InChI=1S/C18H18N4OS2/c23-17(12-24-18-21-14-5-1-2-6-16(14)25-18)22-9-8-20-11-15(22)13-4-3-7-19-10-13/h1-7,10,15,20H,8-9,11-12H2. The van der Waals surface area contributed by atoms with Crippen molar-refractivity contribution in [2.24, 2.45) is 0 Å². The summed E-state index contributed by atoms with van der Waals surface area (Å²) in [6, 6.07) is 12.1. The zero-order valence-electron chi connectivity index (χ0n) is 13.6. The number of benzene rings is 1. The Balaban J connectivity index is 1.45. The van der Waals surface area contributed by atoms with Gasteiger partial charge >= 0.3 is 0 Å². The number of thiazole rings is 1. The highest BCUT2D eigenvalue weighted by Gasteiger charge is 2.28. The number of rotatable bonds is 4. The Morgan fingerprint density at radius 1 is 1.32 bits per heavy atom. The van der Waals surface area contributed by atoms with E-state index in [1.165, 1.54) is 11.8 Å². The molecule has 0 radical (unpaired) electrons. The van der Waals surface area contributed by atoms with Crippen molar-refractivity contribution in [3.63, 3.8) is 0 Å². The van der Waals surface area contributed by atoms with Crippen molar-refractivity contribution in [3.05, 3.63) is 54.4 Å². The minimum absolute atomic E-state index is 0.0471. The number of thioether (sulfide) groups is 1. The van der Waals surface area contributed by atoms with E-state index in [-0.39, 0.29) is 11.9 Å². The van der Waals surface area contributed by atoms with Gasteiger partial charge in [-0.3, -0.25) is 9.78 Å². The first kappa shape index (κ1) is 16.5. The second kappa shape index (κ2) is 7.51. The Labute approximate surface area is 154 Å². The lowest BCUT2D eigenvalue weighted by Gasteiger charge is -2.36. The Hall–Kier alpha value is -1.96. The Bertz CT molecular complexity index is 835. The lowest BCUT2D eigenvalue weighted by atomic mass is 10.1. The van der Waals surface area contributed by atoms with Crippen molar-refractivity contribution in [2.45, 2.75) is 10.4 Å². The molecule has 1 aliphatic heterocycles. The lowest BCUT2D eigenvalue weighted by Crippen LogP contribution is -2.49. The normalized spacial score (nSPS) is 17.8. The summed E-state index contributed by atoms with van der Waals surface area (Å²) in [5.74, 6) is 0.566. The van der Waals surface area contributed by atoms with Crippen LogP contribution in [0.2, 0.25) is 0 Å². The van der Waals surface area contributed by atoms with E-state index in [0.717, 1.165) is 39.8 Å². The molecular formula is C18H18N4OS2. The predicted molar refractivity (Wildman–Crippen MR) is 102 cm³/mol. The van der Waals surface area contributed by atoms with Crippen molar-refractivity contribution >= 4 is 39.2 Å². The molecule has 2 aromatic heterocycles. The molecule has 1 atom stereocenters. The minimum atomic E-state index is 0.0471. The molecule has 0 spiro atoms. The first-order chi connectivity index (χ1) is 12.3. The van der Waals surface area contributed by atoms with E-state index in [2.05, 4.69) is 21.4 Å². The van der Waals surface area contributed by atoms with Gasteiger partial charge in [0.2, 0.25) is 5.91 Å². The van der Waals surface area contributed by atoms with Crippen LogP contribution in [0.5, 0.6) is 0 Å². The molecule has 1 aromatic carbocycles. The van der Waals surface area contributed by atoms with E-state index in [4.69, 9.17) is 0 Å². The minimum Gasteiger partial charge on any atom is -0.332 e. The van der Waals surface area contributed by atoms with Gasteiger partial charge in [-0.2, -0.15) is 0 Å². The molecule has 25 heavy (non-hydrogen) atoms. The van der Waals surface area contributed by atoms with Crippen LogP contribution in [0.4, 0.5) is 0 Å². The van der Waals surface area contributed by atoms with E-state index in [0.29, 0.717) is 5.75 Å². The molecule has 4 rings (SSSR count). The number of amides is 1. The average Bonchev–Trinajstić information content (AvgIpc) is 3.10. The van der Waals surface area contributed by atoms with Crippen LogP contribution in [0.3, 0.4) is 0 Å². The Morgan fingerprint density at radius 3 is 3.08 bits per heavy atom. The number of nitrogens with one attached hydrogen (secondary N) is 1. The Morgan fingerprint density at radius 2 is 2.24 bits per heavy atom. The number of pyridine rings is 1. The maximum Gasteiger partial charge on any atom is 0.233 e. The van der Waals surface area contributed by atoms with Crippen LogP contribution in [0.15, 0.2) is 53.1 Å². The highest BCUT2D eigenvalue weighted by atomic mass is 32.2. The summed E-state index contributed by atoms with van der Waals surface area (Å²) < 4.78 is 2.11. The number of nitrogens with zero attached hydrogens (tertiary/aromatic N) is 3. The number of piperazine rings is 1. The Kier molecular flexibility index (Phi) is 4.96. The van der Waals surface area contributed by atoms with Crippen LogP contribution in [-0.4, -0.2) is 46.2 Å². The predicted octanol–water partition coefficient (Wildman–Crippen LogP) is 2.96. The first-order valence-electron chi connectivity index (χ1n) is 8.20. The molecular weight excluding hydrogens is 352 g/mol. The quantitative estimate of drug-likeness (QED) is 0.716. The molecule has 1 N–H and O–H groups in total. The van der Waals surface area contributed by atoms with Gasteiger partial charge in [0.1, 0.15) is 0 Å². The number of aromatic nitrogens is 2. The van der Waals surface area contributed by atoms with Crippen molar-refractivity contribution in [3.8, 4) is 0 Å². The van der Waals surface area contributed by atoms with E-state index in [1.807, 2.05) is 41.4 Å². The second-order valence-corrected chi connectivity index (χ2v) is 8.08. The fraction of sp³-hybridized carbons (Fsp3) is 0.278. The molecule has 1 amide bonds. The van der Waals surface area contributed by atoms with E-state index in [1.54, 1.807) is 17.5 Å². The molecule has 128 valence electrons. The van der Waals surface area contributed by atoms with Gasteiger partial charge < -0.3 is 10.2 Å². The van der Waals surface area contributed by atoms with Gasteiger partial charge in [-0.1, -0.05) is 30.0 Å². The maximum absolute atomic E-state index is 12.8. The molecule has 1 fully saturated rings. The van der Waals surface area contributed by atoms with Crippen LogP contribution in [0.25, 0.3) is 10.2 Å². The third kappa shape index (κ3) is 3.68. The summed E-state index contributed by atoms with van der Waals surface area (Å²) in [6.07, 6.45) is 3.60. The zero-order chi connectivity index (χ0) is 17.1. The second-order valence-electron chi connectivity index (χ2n) is 5.83. The number of para-hydroxylation sites is 1. The SMILES string of the molecule is O=C(CSc1nc2ccccc2s1)N1CCNCC1c1cccnc1. The van der Waals surface area contributed by atoms with Gasteiger partial charge in [0.05, 0.1) is 22.0 Å². The third-order valence-electron chi connectivity index (χ3n) is 4.23. The summed E-state index contributed by atoms with van der Waals surface area (Å²) in [5.41, 5.74) is 2.07. The zero-order valence-corrected chi connectivity index (χ0v) is 15.2. The first-order valence-corrected chi connectivity index (χ1v) is 10.00. The summed E-state index contributed by atoms with van der Waals surface area (Å²) in [7, 11) is 0. The maximum atomic E-state index is 12.8. The number of carbonyl (C=O) groups is 1. The van der Waals surface area contributed by atoms with Crippen LogP contribution in [-0.2, 0) is 4.79 Å². The smallest absolute Gasteiger partial charge is 0.233 e. The molecule has 3 heterocycles. The number of hydrogen-bond donors (Lipinski definition) is 1. The van der Waals surface area contributed by atoms with Crippen LogP contribution in [0, 0.1) is 0 Å². The monoisotopic (exact) mass is 370 g/mol. The van der Waals surface area contributed by atoms with Gasteiger partial charge in [0.15, 0.2) is 4.34 Å². The molecule has 1 saturated heterocycles. The van der Waals surface area contributed by atoms with Gasteiger partial charge in [-0.15, -0.1) is 11.3 Å². The van der Waals surface area contributed by atoms with Crippen LogP contribution in [0.1, 0.15) is 11.6 Å². The third-order valence-corrected chi connectivity index (χ3v) is 6.39. The summed E-state index contributed by atoms with van der Waals surface area (Å²) >= 11 is 3.17. The van der Waals surface area contributed by atoms with Gasteiger partial charge in [-0.05, 0) is 23.8 Å². The van der Waals surface area contributed by atoms with E-state index < -0.39 is 0 Å².